The van der Waals surface area contributed by atoms with Crippen LogP contribution in [0.2, 0.25) is 0 Å². The van der Waals surface area contributed by atoms with Crippen LogP contribution in [0.1, 0.15) is 25.6 Å². The van der Waals surface area contributed by atoms with Gasteiger partial charge in [-0.1, -0.05) is 13.8 Å². The molecule has 0 N–H and O–H groups in total. The van der Waals surface area contributed by atoms with Gasteiger partial charge in [0.25, 0.3) is 0 Å². The maximum Gasteiger partial charge on any atom is 0.231 e. The summed E-state index contributed by atoms with van der Waals surface area (Å²) < 4.78 is 14.8. The molecule has 4 nitrogen and oxygen atoms in total. The second-order valence-corrected chi connectivity index (χ2v) is 4.61. The average Bonchev–Trinajstić information content (AvgIpc) is 2.71. The van der Waals surface area contributed by atoms with Crippen molar-refractivity contribution in [1.29, 1.82) is 0 Å². The van der Waals surface area contributed by atoms with Crippen molar-refractivity contribution in [2.45, 2.75) is 19.8 Å². The molecule has 0 bridgehead atoms. The lowest BCUT2D eigenvalue weighted by Gasteiger charge is -2.18. The van der Waals surface area contributed by atoms with E-state index in [1.807, 2.05) is 23.6 Å². The Morgan fingerprint density at radius 2 is 1.74 bits per heavy atom. The van der Waals surface area contributed by atoms with Crippen LogP contribution in [0.15, 0.2) is 24.3 Å². The Morgan fingerprint density at radius 1 is 1.16 bits per heavy atom. The lowest BCUT2D eigenvalue weighted by atomic mass is 10.2. The summed E-state index contributed by atoms with van der Waals surface area (Å²) in [4.78, 5) is 1.89. The molecular formula is C13H18ClFN4. The molecule has 0 amide bonds. The van der Waals surface area contributed by atoms with Gasteiger partial charge < -0.3 is 4.90 Å². The van der Waals surface area contributed by atoms with Gasteiger partial charge in [0.1, 0.15) is 11.6 Å². The molecule has 2 rings (SSSR count). The van der Waals surface area contributed by atoms with Crippen LogP contribution in [0, 0.1) is 5.82 Å². The highest BCUT2D eigenvalue weighted by Gasteiger charge is 2.15. The molecule has 0 aliphatic heterocycles. The minimum Gasteiger partial charge on any atom is -0.314 e. The monoisotopic (exact) mass is 284 g/mol. The molecule has 0 saturated heterocycles. The molecule has 0 atom stereocenters. The molecule has 0 spiro atoms. The number of rotatable bonds is 3. The molecule has 1 aromatic carbocycles. The van der Waals surface area contributed by atoms with Gasteiger partial charge in [-0.25, -0.2) is 4.39 Å². The van der Waals surface area contributed by atoms with Gasteiger partial charge in [-0.05, 0) is 24.3 Å². The van der Waals surface area contributed by atoms with Crippen LogP contribution in [0.4, 0.5) is 16.0 Å². The molecule has 0 aliphatic carbocycles. The first-order valence-corrected chi connectivity index (χ1v) is 5.89. The van der Waals surface area contributed by atoms with Crippen molar-refractivity contribution in [2.24, 2.45) is 7.05 Å². The minimum atomic E-state index is -0.243. The van der Waals surface area contributed by atoms with Crippen molar-refractivity contribution < 1.29 is 4.39 Å². The zero-order chi connectivity index (χ0) is 13.3. The van der Waals surface area contributed by atoms with Crippen LogP contribution in [0.25, 0.3) is 0 Å². The maximum absolute atomic E-state index is 12.9. The Bertz CT molecular complexity index is 536. The Hall–Kier alpha value is -1.62. The molecule has 0 fully saturated rings. The second kappa shape index (κ2) is 6.02. The summed E-state index contributed by atoms with van der Waals surface area (Å²) in [7, 11) is 3.83. The number of nitrogens with zero attached hydrogens (tertiary/aromatic N) is 4. The predicted octanol–water partition coefficient (Wildman–Crippen LogP) is 3.27. The van der Waals surface area contributed by atoms with Crippen LogP contribution in [-0.4, -0.2) is 21.8 Å². The molecule has 0 aliphatic rings. The van der Waals surface area contributed by atoms with E-state index in [0.717, 1.165) is 17.5 Å². The van der Waals surface area contributed by atoms with Crippen LogP contribution < -0.4 is 4.90 Å². The van der Waals surface area contributed by atoms with Gasteiger partial charge >= 0.3 is 0 Å². The molecule has 0 radical (unpaired) electrons. The first-order valence-electron chi connectivity index (χ1n) is 5.89. The molecule has 2 aromatic rings. The van der Waals surface area contributed by atoms with E-state index in [2.05, 4.69) is 24.0 Å². The molecule has 1 aromatic heterocycles. The first kappa shape index (κ1) is 15.4. The summed E-state index contributed by atoms with van der Waals surface area (Å²) in [5.41, 5.74) is 0.877. The van der Waals surface area contributed by atoms with E-state index < -0.39 is 0 Å². The third-order valence-electron chi connectivity index (χ3n) is 2.92. The summed E-state index contributed by atoms with van der Waals surface area (Å²) in [5.74, 6) is 1.75. The number of anilines is 2. The first-order chi connectivity index (χ1) is 8.50. The molecule has 1 heterocycles. The molecule has 0 unspecified atom stereocenters. The van der Waals surface area contributed by atoms with Crippen LogP contribution in [-0.2, 0) is 7.05 Å². The molecule has 0 saturated carbocycles. The summed E-state index contributed by atoms with van der Waals surface area (Å²) in [5, 5.41) is 8.36. The van der Waals surface area contributed by atoms with E-state index in [9.17, 15) is 4.39 Å². The largest absolute Gasteiger partial charge is 0.314 e. The number of benzene rings is 1. The zero-order valence-electron chi connectivity index (χ0n) is 11.5. The third-order valence-corrected chi connectivity index (χ3v) is 2.92. The summed E-state index contributed by atoms with van der Waals surface area (Å²) >= 11 is 0. The smallest absolute Gasteiger partial charge is 0.231 e. The van der Waals surface area contributed by atoms with Gasteiger partial charge in [-0.2, -0.15) is 0 Å². The van der Waals surface area contributed by atoms with Gasteiger partial charge in [0.2, 0.25) is 5.95 Å². The fourth-order valence-electron chi connectivity index (χ4n) is 1.91. The Labute approximate surface area is 118 Å². The predicted molar refractivity (Wildman–Crippen MR) is 76.8 cm³/mol. The van der Waals surface area contributed by atoms with E-state index in [1.54, 1.807) is 12.1 Å². The van der Waals surface area contributed by atoms with Crippen molar-refractivity contribution in [3.05, 3.63) is 35.9 Å². The highest BCUT2D eigenvalue weighted by atomic mass is 35.5. The Morgan fingerprint density at radius 3 is 2.21 bits per heavy atom. The average molecular weight is 285 g/mol. The number of aromatic nitrogens is 3. The van der Waals surface area contributed by atoms with Crippen molar-refractivity contribution in [3.63, 3.8) is 0 Å². The molecule has 104 valence electrons. The van der Waals surface area contributed by atoms with Gasteiger partial charge in [-0.3, -0.25) is 4.57 Å². The van der Waals surface area contributed by atoms with Crippen LogP contribution in [0.5, 0.6) is 0 Å². The molecule has 6 heteroatoms. The van der Waals surface area contributed by atoms with Crippen LogP contribution in [0.3, 0.4) is 0 Å². The summed E-state index contributed by atoms with van der Waals surface area (Å²) in [6.45, 7) is 4.15. The number of hydrogen-bond acceptors (Lipinski definition) is 3. The third kappa shape index (κ3) is 3.04. The van der Waals surface area contributed by atoms with E-state index in [0.29, 0.717) is 5.92 Å². The minimum absolute atomic E-state index is 0. The number of halogens is 2. The van der Waals surface area contributed by atoms with Gasteiger partial charge in [0.15, 0.2) is 0 Å². The summed E-state index contributed by atoms with van der Waals surface area (Å²) in [6, 6.07) is 6.31. The van der Waals surface area contributed by atoms with Gasteiger partial charge in [-0.15, -0.1) is 22.6 Å². The zero-order valence-corrected chi connectivity index (χ0v) is 12.3. The second-order valence-electron chi connectivity index (χ2n) is 4.61. The fourth-order valence-corrected chi connectivity index (χ4v) is 1.91. The lowest BCUT2D eigenvalue weighted by Crippen LogP contribution is -2.15. The lowest BCUT2D eigenvalue weighted by molar-refractivity contribution is 0.628. The van der Waals surface area contributed by atoms with E-state index in [4.69, 9.17) is 0 Å². The maximum atomic E-state index is 12.9. The van der Waals surface area contributed by atoms with E-state index in [1.165, 1.54) is 12.1 Å². The SMILES string of the molecule is CC(C)c1nnc(N(C)c2ccc(F)cc2)n1C.Cl. The van der Waals surface area contributed by atoms with Gasteiger partial charge in [0, 0.05) is 25.7 Å². The van der Waals surface area contributed by atoms with Crippen molar-refractivity contribution in [2.75, 3.05) is 11.9 Å². The quantitative estimate of drug-likeness (QED) is 0.867. The number of hydrogen-bond donors (Lipinski definition) is 0. The van der Waals surface area contributed by atoms with E-state index >= 15 is 0 Å². The van der Waals surface area contributed by atoms with E-state index in [-0.39, 0.29) is 18.2 Å². The normalized spacial score (nSPS) is 10.4. The fraction of sp³-hybridized carbons (Fsp3) is 0.385. The Kier molecular flexibility index (Phi) is 4.89. The van der Waals surface area contributed by atoms with Crippen LogP contribution >= 0.6 is 12.4 Å². The molecular weight excluding hydrogens is 267 g/mol. The van der Waals surface area contributed by atoms with Crippen molar-refractivity contribution in [1.82, 2.24) is 14.8 Å². The Balaban J connectivity index is 0.00000180. The van der Waals surface area contributed by atoms with Gasteiger partial charge in [0.05, 0.1) is 0 Å². The standard InChI is InChI=1S/C13H17FN4.ClH/c1-9(2)12-15-16-13(18(12)4)17(3)11-7-5-10(14)6-8-11;/h5-9H,1-4H3;1H. The summed E-state index contributed by atoms with van der Waals surface area (Å²) in [6.07, 6.45) is 0. The highest BCUT2D eigenvalue weighted by Crippen LogP contribution is 2.23. The topological polar surface area (TPSA) is 34.0 Å². The molecule has 19 heavy (non-hydrogen) atoms. The van der Waals surface area contributed by atoms with Crippen molar-refractivity contribution >= 4 is 24.0 Å². The van der Waals surface area contributed by atoms with Crippen molar-refractivity contribution in [3.8, 4) is 0 Å². The highest BCUT2D eigenvalue weighted by molar-refractivity contribution is 5.85.